The highest BCUT2D eigenvalue weighted by molar-refractivity contribution is 6.02. The van der Waals surface area contributed by atoms with Crippen LogP contribution in [-0.2, 0) is 16.4 Å². The maximum atomic E-state index is 13.6. The molecule has 1 aliphatic rings. The SMILES string of the molecule is O=C(Nc1cc(C(F)(F)F)ccc1-n1cncn1)C1(c2cccc(F)c2)CC1. The van der Waals surface area contributed by atoms with Gasteiger partial charge in [0.25, 0.3) is 0 Å². The van der Waals surface area contributed by atoms with Gasteiger partial charge in [0.1, 0.15) is 18.5 Å². The number of rotatable bonds is 4. The van der Waals surface area contributed by atoms with Crippen molar-refractivity contribution >= 4 is 11.6 Å². The molecule has 28 heavy (non-hydrogen) atoms. The van der Waals surface area contributed by atoms with Gasteiger partial charge in [-0.25, -0.2) is 14.1 Å². The standard InChI is InChI=1S/C19H14F4N4O/c20-14-3-1-2-12(8-14)18(6-7-18)17(28)26-15-9-13(19(21,22)23)4-5-16(15)27-11-24-10-25-27/h1-5,8-11H,6-7H2,(H,26,28). The van der Waals surface area contributed by atoms with Crippen LogP contribution in [0.4, 0.5) is 23.2 Å². The van der Waals surface area contributed by atoms with Crippen LogP contribution in [0.1, 0.15) is 24.0 Å². The van der Waals surface area contributed by atoms with E-state index in [0.717, 1.165) is 12.1 Å². The molecule has 1 aromatic heterocycles. The van der Waals surface area contributed by atoms with Crippen molar-refractivity contribution in [3.05, 3.63) is 72.1 Å². The number of nitrogens with zero attached hydrogens (tertiary/aromatic N) is 3. The van der Waals surface area contributed by atoms with Crippen LogP contribution >= 0.6 is 0 Å². The zero-order valence-corrected chi connectivity index (χ0v) is 14.4. The molecule has 9 heteroatoms. The summed E-state index contributed by atoms with van der Waals surface area (Å²) in [5.41, 5.74) is -1.15. The first-order chi connectivity index (χ1) is 13.3. The monoisotopic (exact) mass is 390 g/mol. The van der Waals surface area contributed by atoms with Crippen molar-refractivity contribution < 1.29 is 22.4 Å². The Labute approximate surface area is 157 Å². The molecule has 5 nitrogen and oxygen atoms in total. The highest BCUT2D eigenvalue weighted by atomic mass is 19.4. The maximum Gasteiger partial charge on any atom is 0.416 e. The second kappa shape index (κ2) is 6.43. The van der Waals surface area contributed by atoms with Gasteiger partial charge in [-0.15, -0.1) is 0 Å². The molecule has 144 valence electrons. The van der Waals surface area contributed by atoms with Gasteiger partial charge in [0, 0.05) is 0 Å². The lowest BCUT2D eigenvalue weighted by molar-refractivity contribution is -0.137. The second-order valence-corrected chi connectivity index (χ2v) is 6.62. The fourth-order valence-corrected chi connectivity index (χ4v) is 3.14. The normalized spacial score (nSPS) is 15.3. The van der Waals surface area contributed by atoms with Gasteiger partial charge in [-0.05, 0) is 48.7 Å². The zero-order chi connectivity index (χ0) is 19.9. The third kappa shape index (κ3) is 3.23. The number of hydrogen-bond acceptors (Lipinski definition) is 3. The number of nitrogens with one attached hydrogen (secondary N) is 1. The van der Waals surface area contributed by atoms with Crippen LogP contribution in [0.25, 0.3) is 5.69 Å². The number of anilines is 1. The summed E-state index contributed by atoms with van der Waals surface area (Å²) in [4.78, 5) is 16.7. The molecule has 1 saturated carbocycles. The summed E-state index contributed by atoms with van der Waals surface area (Å²) in [5, 5.41) is 6.50. The molecule has 0 radical (unpaired) electrons. The van der Waals surface area contributed by atoms with Crippen molar-refractivity contribution in [2.75, 3.05) is 5.32 Å². The smallest absolute Gasteiger partial charge is 0.323 e. The second-order valence-electron chi connectivity index (χ2n) is 6.62. The van der Waals surface area contributed by atoms with Gasteiger partial charge < -0.3 is 5.32 Å². The van der Waals surface area contributed by atoms with E-state index >= 15 is 0 Å². The Hall–Kier alpha value is -3.23. The van der Waals surface area contributed by atoms with Gasteiger partial charge >= 0.3 is 6.18 Å². The maximum absolute atomic E-state index is 13.6. The van der Waals surface area contributed by atoms with Gasteiger partial charge in [0.15, 0.2) is 0 Å². The van der Waals surface area contributed by atoms with E-state index in [0.29, 0.717) is 18.4 Å². The van der Waals surface area contributed by atoms with E-state index in [1.807, 2.05) is 0 Å². The van der Waals surface area contributed by atoms with Gasteiger partial charge in [-0.2, -0.15) is 18.3 Å². The van der Waals surface area contributed by atoms with Crippen molar-refractivity contribution in [2.45, 2.75) is 24.4 Å². The molecule has 0 bridgehead atoms. The predicted molar refractivity (Wildman–Crippen MR) is 92.3 cm³/mol. The predicted octanol–water partition coefficient (Wildman–Crippen LogP) is 4.10. The van der Waals surface area contributed by atoms with E-state index in [1.165, 1.54) is 41.6 Å². The van der Waals surface area contributed by atoms with Crippen molar-refractivity contribution in [1.82, 2.24) is 14.8 Å². The van der Waals surface area contributed by atoms with Crippen LogP contribution in [0.15, 0.2) is 55.1 Å². The molecule has 0 unspecified atom stereocenters. The Bertz CT molecular complexity index is 1030. The summed E-state index contributed by atoms with van der Waals surface area (Å²) in [6.07, 6.45) is -1.05. The third-order valence-corrected chi connectivity index (χ3v) is 4.80. The fraction of sp³-hybridized carbons (Fsp3) is 0.211. The molecule has 4 rings (SSSR count). The lowest BCUT2D eigenvalue weighted by atomic mass is 9.94. The first kappa shape index (κ1) is 18.1. The summed E-state index contributed by atoms with van der Waals surface area (Å²) >= 11 is 0. The summed E-state index contributed by atoms with van der Waals surface area (Å²) in [5.74, 6) is -0.960. The largest absolute Gasteiger partial charge is 0.416 e. The minimum absolute atomic E-state index is 0.0481. The number of aromatic nitrogens is 3. The average molecular weight is 390 g/mol. The van der Waals surface area contributed by atoms with E-state index in [-0.39, 0.29) is 11.4 Å². The molecule has 3 aromatic rings. The van der Waals surface area contributed by atoms with Crippen molar-refractivity contribution in [3.8, 4) is 5.69 Å². The molecule has 2 aromatic carbocycles. The van der Waals surface area contributed by atoms with Crippen LogP contribution in [0.2, 0.25) is 0 Å². The molecule has 1 heterocycles. The van der Waals surface area contributed by atoms with Crippen LogP contribution in [-0.4, -0.2) is 20.7 Å². The number of amides is 1. The molecule has 0 saturated heterocycles. The van der Waals surface area contributed by atoms with Crippen LogP contribution in [0, 0.1) is 5.82 Å². The molecule has 1 aliphatic carbocycles. The van der Waals surface area contributed by atoms with Crippen LogP contribution < -0.4 is 5.32 Å². The van der Waals surface area contributed by atoms with Gasteiger partial charge in [-0.3, -0.25) is 4.79 Å². The third-order valence-electron chi connectivity index (χ3n) is 4.80. The Morgan fingerprint density at radius 3 is 2.54 bits per heavy atom. The highest BCUT2D eigenvalue weighted by Gasteiger charge is 2.51. The van der Waals surface area contributed by atoms with E-state index in [2.05, 4.69) is 15.4 Å². The average Bonchev–Trinajstić information content (AvgIpc) is 3.29. The van der Waals surface area contributed by atoms with Crippen molar-refractivity contribution in [2.24, 2.45) is 0 Å². The van der Waals surface area contributed by atoms with Crippen molar-refractivity contribution in [3.63, 3.8) is 0 Å². The van der Waals surface area contributed by atoms with E-state index < -0.39 is 28.9 Å². The number of hydrogen-bond donors (Lipinski definition) is 1. The van der Waals surface area contributed by atoms with Crippen LogP contribution in [0.3, 0.4) is 0 Å². The molecular weight excluding hydrogens is 376 g/mol. The number of carbonyl (C=O) groups is 1. The summed E-state index contributed by atoms with van der Waals surface area (Å²) in [6.45, 7) is 0. The highest BCUT2D eigenvalue weighted by Crippen LogP contribution is 2.49. The number of benzene rings is 2. The number of alkyl halides is 3. The zero-order valence-electron chi connectivity index (χ0n) is 14.4. The van der Waals surface area contributed by atoms with Gasteiger partial charge in [-0.1, -0.05) is 12.1 Å². The number of halogens is 4. The van der Waals surface area contributed by atoms with Gasteiger partial charge in [0.05, 0.1) is 22.4 Å². The lowest BCUT2D eigenvalue weighted by Gasteiger charge is -2.19. The summed E-state index contributed by atoms with van der Waals surface area (Å²) in [7, 11) is 0. The van der Waals surface area contributed by atoms with E-state index in [1.54, 1.807) is 6.07 Å². The summed E-state index contributed by atoms with van der Waals surface area (Å²) in [6, 6.07) is 8.67. The van der Waals surface area contributed by atoms with Crippen molar-refractivity contribution in [1.29, 1.82) is 0 Å². The summed E-state index contributed by atoms with van der Waals surface area (Å²) < 4.78 is 54.3. The minimum Gasteiger partial charge on any atom is -0.323 e. The van der Waals surface area contributed by atoms with Crippen LogP contribution in [0.5, 0.6) is 0 Å². The lowest BCUT2D eigenvalue weighted by Crippen LogP contribution is -2.28. The molecule has 0 spiro atoms. The van der Waals surface area contributed by atoms with Gasteiger partial charge in [0.2, 0.25) is 5.91 Å². The first-order valence-electron chi connectivity index (χ1n) is 8.43. The van der Waals surface area contributed by atoms with E-state index in [4.69, 9.17) is 0 Å². The Morgan fingerprint density at radius 2 is 1.93 bits per heavy atom. The fourth-order valence-electron chi connectivity index (χ4n) is 3.14. The first-order valence-corrected chi connectivity index (χ1v) is 8.43. The molecule has 1 amide bonds. The molecule has 1 N–H and O–H groups in total. The topological polar surface area (TPSA) is 59.8 Å². The Kier molecular flexibility index (Phi) is 4.17. The Morgan fingerprint density at radius 1 is 1.14 bits per heavy atom. The molecule has 1 fully saturated rings. The molecule has 0 aliphatic heterocycles. The van der Waals surface area contributed by atoms with E-state index in [9.17, 15) is 22.4 Å². The minimum atomic E-state index is -4.57. The number of carbonyl (C=O) groups excluding carboxylic acids is 1. The Balaban J connectivity index is 1.71. The quantitative estimate of drug-likeness (QED) is 0.683. The molecular formula is C19H14F4N4O. The molecule has 0 atom stereocenters.